The number of rotatable bonds is 1. The van der Waals surface area contributed by atoms with Crippen LogP contribution in [0.25, 0.3) is 0 Å². The Morgan fingerprint density at radius 1 is 1.18 bits per heavy atom. The van der Waals surface area contributed by atoms with Crippen molar-refractivity contribution in [1.29, 1.82) is 0 Å². The number of carbonyl (C=O) groups excluding carboxylic acids is 1. The van der Waals surface area contributed by atoms with Gasteiger partial charge in [0.15, 0.2) is 0 Å². The lowest BCUT2D eigenvalue weighted by Crippen LogP contribution is -2.50. The Hall–Kier alpha value is -0.980. The Balaban J connectivity index is 0.00000242. The molecule has 0 radical (unpaired) electrons. The standard InChI is InChI=1S/C13H18Cl2N4O2.ClH/c1-13(2,3)21-12(20)19-6-4-18(5-7-19)10-8-9(14)16-11(15)17-10;/h8H,4-7H2,1-3H3;1H. The minimum atomic E-state index is -0.484. The lowest BCUT2D eigenvalue weighted by Gasteiger charge is -2.36. The Morgan fingerprint density at radius 3 is 2.27 bits per heavy atom. The van der Waals surface area contributed by atoms with Crippen LogP contribution >= 0.6 is 35.6 Å². The van der Waals surface area contributed by atoms with Gasteiger partial charge in [0.05, 0.1) is 0 Å². The van der Waals surface area contributed by atoms with E-state index < -0.39 is 5.60 Å². The predicted octanol–water partition coefficient (Wildman–Crippen LogP) is 3.26. The number of hydrogen-bond acceptors (Lipinski definition) is 5. The van der Waals surface area contributed by atoms with Gasteiger partial charge in [0, 0.05) is 32.2 Å². The van der Waals surface area contributed by atoms with Crippen molar-refractivity contribution >= 4 is 47.5 Å². The second kappa shape index (κ2) is 7.53. The van der Waals surface area contributed by atoms with Crippen molar-refractivity contribution in [2.75, 3.05) is 31.1 Å². The zero-order chi connectivity index (χ0) is 15.6. The first kappa shape index (κ1) is 19.1. The topological polar surface area (TPSA) is 58.6 Å². The quantitative estimate of drug-likeness (QED) is 0.562. The number of nitrogens with zero attached hydrogens (tertiary/aromatic N) is 4. The molecule has 1 aliphatic heterocycles. The normalized spacial score (nSPS) is 15.3. The molecular weight excluding hydrogens is 351 g/mol. The summed E-state index contributed by atoms with van der Waals surface area (Å²) < 4.78 is 5.36. The number of halogens is 3. The van der Waals surface area contributed by atoms with Crippen molar-refractivity contribution in [1.82, 2.24) is 14.9 Å². The van der Waals surface area contributed by atoms with Gasteiger partial charge in [-0.3, -0.25) is 0 Å². The molecule has 0 aliphatic carbocycles. The summed E-state index contributed by atoms with van der Waals surface area (Å²) in [5, 5.41) is 0.423. The summed E-state index contributed by atoms with van der Waals surface area (Å²) in [5.74, 6) is 0.670. The molecule has 0 saturated carbocycles. The van der Waals surface area contributed by atoms with Crippen LogP contribution in [0.4, 0.5) is 10.6 Å². The van der Waals surface area contributed by atoms with Crippen LogP contribution in [0.3, 0.4) is 0 Å². The van der Waals surface area contributed by atoms with E-state index in [4.69, 9.17) is 27.9 Å². The molecule has 2 heterocycles. The van der Waals surface area contributed by atoms with Crippen molar-refractivity contribution in [2.24, 2.45) is 0 Å². The third kappa shape index (κ3) is 5.34. The highest BCUT2D eigenvalue weighted by atomic mass is 35.5. The van der Waals surface area contributed by atoms with E-state index in [1.54, 1.807) is 11.0 Å². The van der Waals surface area contributed by atoms with E-state index >= 15 is 0 Å². The molecular formula is C13H19Cl3N4O2. The largest absolute Gasteiger partial charge is 0.444 e. The second-order valence-electron chi connectivity index (χ2n) is 5.77. The van der Waals surface area contributed by atoms with Crippen LogP contribution in [0, 0.1) is 0 Å². The molecule has 22 heavy (non-hydrogen) atoms. The number of amides is 1. The molecule has 1 saturated heterocycles. The summed E-state index contributed by atoms with van der Waals surface area (Å²) in [6, 6.07) is 1.66. The van der Waals surface area contributed by atoms with Gasteiger partial charge in [-0.15, -0.1) is 12.4 Å². The highest BCUT2D eigenvalue weighted by Crippen LogP contribution is 2.20. The van der Waals surface area contributed by atoms with Gasteiger partial charge < -0.3 is 14.5 Å². The van der Waals surface area contributed by atoms with Crippen LogP contribution in [0.5, 0.6) is 0 Å². The predicted molar refractivity (Wildman–Crippen MR) is 89.3 cm³/mol. The van der Waals surface area contributed by atoms with Crippen molar-refractivity contribution in [3.05, 3.63) is 16.5 Å². The van der Waals surface area contributed by atoms with Crippen LogP contribution in [0.15, 0.2) is 6.07 Å². The molecule has 1 aromatic heterocycles. The van der Waals surface area contributed by atoms with Gasteiger partial charge in [0.1, 0.15) is 16.6 Å². The van der Waals surface area contributed by atoms with Crippen LogP contribution in [0.1, 0.15) is 20.8 Å². The number of hydrogen-bond donors (Lipinski definition) is 0. The van der Waals surface area contributed by atoms with Crippen LogP contribution in [-0.2, 0) is 4.74 Å². The zero-order valence-corrected chi connectivity index (χ0v) is 15.0. The molecule has 0 spiro atoms. The number of piperazine rings is 1. The minimum Gasteiger partial charge on any atom is -0.444 e. The first-order chi connectivity index (χ1) is 9.74. The summed E-state index contributed by atoms with van der Waals surface area (Å²) in [4.78, 5) is 23.7. The molecule has 124 valence electrons. The van der Waals surface area contributed by atoms with Gasteiger partial charge in [-0.05, 0) is 32.4 Å². The zero-order valence-electron chi connectivity index (χ0n) is 12.7. The van der Waals surface area contributed by atoms with Crippen molar-refractivity contribution in [3.63, 3.8) is 0 Å². The summed E-state index contributed by atoms with van der Waals surface area (Å²) in [5.41, 5.74) is -0.484. The van der Waals surface area contributed by atoms with E-state index in [2.05, 4.69) is 9.97 Å². The maximum absolute atomic E-state index is 12.0. The fraction of sp³-hybridized carbons (Fsp3) is 0.615. The molecule has 1 aromatic rings. The molecule has 1 amide bonds. The van der Waals surface area contributed by atoms with Crippen LogP contribution in [0.2, 0.25) is 10.4 Å². The number of aromatic nitrogens is 2. The fourth-order valence-corrected chi connectivity index (χ4v) is 2.38. The number of carbonyl (C=O) groups is 1. The lowest BCUT2D eigenvalue weighted by molar-refractivity contribution is 0.0240. The third-order valence-electron chi connectivity index (χ3n) is 2.91. The van der Waals surface area contributed by atoms with E-state index in [0.717, 1.165) is 0 Å². The maximum atomic E-state index is 12.0. The fourth-order valence-electron chi connectivity index (χ4n) is 1.99. The average molecular weight is 370 g/mol. The number of anilines is 1. The first-order valence-corrected chi connectivity index (χ1v) is 7.43. The minimum absolute atomic E-state index is 0. The average Bonchev–Trinajstić information content (AvgIpc) is 2.35. The molecule has 0 bridgehead atoms. The Kier molecular flexibility index (Phi) is 6.52. The SMILES string of the molecule is CC(C)(C)OC(=O)N1CCN(c2cc(Cl)nc(Cl)n2)CC1.Cl. The maximum Gasteiger partial charge on any atom is 0.410 e. The van der Waals surface area contributed by atoms with Gasteiger partial charge in [-0.25, -0.2) is 14.8 Å². The smallest absolute Gasteiger partial charge is 0.410 e. The molecule has 0 N–H and O–H groups in total. The highest BCUT2D eigenvalue weighted by Gasteiger charge is 2.26. The number of ether oxygens (including phenoxy) is 1. The van der Waals surface area contributed by atoms with E-state index in [1.165, 1.54) is 0 Å². The molecule has 0 atom stereocenters. The van der Waals surface area contributed by atoms with E-state index in [9.17, 15) is 4.79 Å². The van der Waals surface area contributed by atoms with Crippen molar-refractivity contribution in [2.45, 2.75) is 26.4 Å². The van der Waals surface area contributed by atoms with Gasteiger partial charge >= 0.3 is 6.09 Å². The van der Waals surface area contributed by atoms with E-state index in [-0.39, 0.29) is 23.8 Å². The van der Waals surface area contributed by atoms with Crippen molar-refractivity contribution < 1.29 is 9.53 Å². The molecule has 2 rings (SSSR count). The van der Waals surface area contributed by atoms with E-state index in [1.807, 2.05) is 25.7 Å². The summed E-state index contributed by atoms with van der Waals surface area (Å²) in [7, 11) is 0. The Labute approximate surface area is 146 Å². The molecule has 0 unspecified atom stereocenters. The molecule has 6 nitrogen and oxygen atoms in total. The summed E-state index contributed by atoms with van der Waals surface area (Å²) >= 11 is 11.7. The molecule has 0 aromatic carbocycles. The molecule has 1 aliphatic rings. The van der Waals surface area contributed by atoms with Gasteiger partial charge in [-0.1, -0.05) is 11.6 Å². The summed E-state index contributed by atoms with van der Waals surface area (Å²) in [6.07, 6.45) is -0.291. The summed E-state index contributed by atoms with van der Waals surface area (Å²) in [6.45, 7) is 7.97. The van der Waals surface area contributed by atoms with Gasteiger partial charge in [-0.2, -0.15) is 0 Å². The highest BCUT2D eigenvalue weighted by molar-refractivity contribution is 6.32. The monoisotopic (exact) mass is 368 g/mol. The third-order valence-corrected chi connectivity index (χ3v) is 3.27. The van der Waals surface area contributed by atoms with E-state index in [0.29, 0.717) is 37.1 Å². The molecule has 9 heteroatoms. The van der Waals surface area contributed by atoms with Crippen molar-refractivity contribution in [3.8, 4) is 0 Å². The van der Waals surface area contributed by atoms with Gasteiger partial charge in [0.25, 0.3) is 0 Å². The van der Waals surface area contributed by atoms with Crippen LogP contribution < -0.4 is 4.90 Å². The Bertz CT molecular complexity index is 508. The second-order valence-corrected chi connectivity index (χ2v) is 6.50. The molecule has 1 fully saturated rings. The van der Waals surface area contributed by atoms with Gasteiger partial charge in [0.2, 0.25) is 5.28 Å². The lowest BCUT2D eigenvalue weighted by atomic mass is 10.2. The first-order valence-electron chi connectivity index (χ1n) is 6.67. The van der Waals surface area contributed by atoms with Crippen LogP contribution in [-0.4, -0.2) is 52.7 Å². The Morgan fingerprint density at radius 2 is 1.77 bits per heavy atom.